The Balaban J connectivity index is 2.21. The van der Waals surface area contributed by atoms with Crippen molar-refractivity contribution in [1.29, 1.82) is 0 Å². The number of hydrogen-bond donors (Lipinski definition) is 2. The van der Waals surface area contributed by atoms with Gasteiger partial charge in [-0.25, -0.2) is 0 Å². The Labute approximate surface area is 133 Å². The van der Waals surface area contributed by atoms with Crippen LogP contribution in [0.1, 0.15) is 28.5 Å². The first kappa shape index (κ1) is 15.9. The lowest BCUT2D eigenvalue weighted by Gasteiger charge is -2.18. The minimum atomic E-state index is -0.284. The molecule has 2 aromatic rings. The molecule has 2 N–H and O–H groups in total. The normalized spacial score (nSPS) is 12.2. The first-order valence-electron chi connectivity index (χ1n) is 6.52. The highest BCUT2D eigenvalue weighted by Gasteiger charge is 2.19. The third-order valence-electron chi connectivity index (χ3n) is 3.27. The Bertz CT molecular complexity index is 626. The zero-order valence-corrected chi connectivity index (χ0v) is 13.0. The summed E-state index contributed by atoms with van der Waals surface area (Å²) in [6.45, 7) is -0.0194. The summed E-state index contributed by atoms with van der Waals surface area (Å²) >= 11 is 11.9. The number of nitrogens with zero attached hydrogens (tertiary/aromatic N) is 1. The molecule has 0 bridgehead atoms. The molecular weight excluding hydrogens is 311 g/mol. The molecule has 0 aliphatic heterocycles. The summed E-state index contributed by atoms with van der Waals surface area (Å²) in [4.78, 5) is 12.4. The van der Waals surface area contributed by atoms with Gasteiger partial charge in [-0.1, -0.05) is 53.5 Å². The van der Waals surface area contributed by atoms with Crippen LogP contribution in [0.15, 0.2) is 36.4 Å². The van der Waals surface area contributed by atoms with Crippen molar-refractivity contribution in [3.05, 3.63) is 57.8 Å². The topological polar surface area (TPSA) is 54.3 Å². The number of rotatable bonds is 5. The molecule has 0 fully saturated rings. The highest BCUT2D eigenvalue weighted by atomic mass is 35.5. The van der Waals surface area contributed by atoms with Crippen molar-refractivity contribution in [2.75, 3.05) is 6.61 Å². The van der Waals surface area contributed by atoms with Crippen LogP contribution in [0.5, 0.6) is 0 Å². The van der Waals surface area contributed by atoms with Crippen molar-refractivity contribution < 1.29 is 9.90 Å². The van der Waals surface area contributed by atoms with Crippen LogP contribution in [0.3, 0.4) is 0 Å². The van der Waals surface area contributed by atoms with Crippen molar-refractivity contribution in [3.63, 3.8) is 0 Å². The molecule has 1 aromatic carbocycles. The van der Waals surface area contributed by atoms with E-state index in [0.29, 0.717) is 22.3 Å². The van der Waals surface area contributed by atoms with E-state index < -0.39 is 0 Å². The number of benzene rings is 1. The fourth-order valence-corrected chi connectivity index (χ4v) is 2.50. The van der Waals surface area contributed by atoms with Crippen molar-refractivity contribution in [2.24, 2.45) is 7.05 Å². The number of aromatic nitrogens is 1. The number of amides is 1. The van der Waals surface area contributed by atoms with Gasteiger partial charge in [-0.2, -0.15) is 0 Å². The monoisotopic (exact) mass is 326 g/mol. The highest BCUT2D eigenvalue weighted by molar-refractivity contribution is 6.41. The fraction of sp³-hybridized carbons (Fsp3) is 0.267. The van der Waals surface area contributed by atoms with Crippen molar-refractivity contribution in [3.8, 4) is 0 Å². The van der Waals surface area contributed by atoms with Crippen LogP contribution in [0.25, 0.3) is 0 Å². The molecule has 0 aliphatic rings. The van der Waals surface area contributed by atoms with Crippen molar-refractivity contribution in [1.82, 2.24) is 9.88 Å². The van der Waals surface area contributed by atoms with E-state index in [-0.39, 0.29) is 18.6 Å². The molecular formula is C15H16Cl2N2O2. The number of hydrogen-bond acceptors (Lipinski definition) is 2. The van der Waals surface area contributed by atoms with Gasteiger partial charge >= 0.3 is 0 Å². The van der Waals surface area contributed by atoms with Crippen LogP contribution in [-0.4, -0.2) is 22.2 Å². The molecule has 2 rings (SSSR count). The predicted molar refractivity (Wildman–Crippen MR) is 83.8 cm³/mol. The Kier molecular flexibility index (Phi) is 5.28. The van der Waals surface area contributed by atoms with Gasteiger partial charge < -0.3 is 15.0 Å². The van der Waals surface area contributed by atoms with Crippen LogP contribution in [0, 0.1) is 0 Å². The summed E-state index contributed by atoms with van der Waals surface area (Å²) in [7, 11) is 1.67. The third-order valence-corrected chi connectivity index (χ3v) is 4.12. The molecule has 1 unspecified atom stereocenters. The molecule has 4 nitrogen and oxygen atoms in total. The van der Waals surface area contributed by atoms with Crippen LogP contribution >= 0.6 is 23.2 Å². The van der Waals surface area contributed by atoms with E-state index in [9.17, 15) is 9.90 Å². The van der Waals surface area contributed by atoms with Gasteiger partial charge in [-0.15, -0.1) is 0 Å². The average molecular weight is 327 g/mol. The Morgan fingerprint density at radius 2 is 2.00 bits per heavy atom. The van der Waals surface area contributed by atoms with Crippen LogP contribution in [-0.2, 0) is 7.05 Å². The maximum atomic E-state index is 12.4. The maximum absolute atomic E-state index is 12.4. The van der Waals surface area contributed by atoms with E-state index in [1.54, 1.807) is 7.05 Å². The van der Waals surface area contributed by atoms with E-state index in [0.717, 1.165) is 5.56 Å². The second-order valence-corrected chi connectivity index (χ2v) is 5.44. The van der Waals surface area contributed by atoms with Gasteiger partial charge in [0, 0.05) is 13.7 Å². The summed E-state index contributed by atoms with van der Waals surface area (Å²) in [5.74, 6) is -0.284. The molecule has 0 aliphatic carbocycles. The van der Waals surface area contributed by atoms with E-state index >= 15 is 0 Å². The number of halogens is 2. The van der Waals surface area contributed by atoms with Gasteiger partial charge in [0.2, 0.25) is 0 Å². The number of aliphatic hydroxyl groups excluding tert-OH is 1. The summed E-state index contributed by atoms with van der Waals surface area (Å²) < 4.78 is 1.53. The first-order valence-corrected chi connectivity index (χ1v) is 7.27. The maximum Gasteiger partial charge on any atom is 0.268 e. The van der Waals surface area contributed by atoms with Gasteiger partial charge in [0.15, 0.2) is 0 Å². The lowest BCUT2D eigenvalue weighted by atomic mass is 10.0. The van der Waals surface area contributed by atoms with Gasteiger partial charge in [-0.3, -0.25) is 4.79 Å². The van der Waals surface area contributed by atoms with Crippen LogP contribution in [0.4, 0.5) is 0 Å². The quantitative estimate of drug-likeness (QED) is 0.886. The van der Waals surface area contributed by atoms with E-state index in [1.807, 2.05) is 30.3 Å². The molecule has 112 valence electrons. The molecule has 6 heteroatoms. The van der Waals surface area contributed by atoms with E-state index in [2.05, 4.69) is 5.32 Å². The standard InChI is InChI=1S/C15H16Cl2N2O2/c1-19-13(9-11(16)14(19)17)15(21)18-12(7-8-20)10-5-3-2-4-6-10/h2-6,9,12,20H,7-8H2,1H3,(H,18,21). The van der Waals surface area contributed by atoms with Gasteiger partial charge in [0.05, 0.1) is 11.1 Å². The molecule has 0 spiro atoms. The Hall–Kier alpha value is -1.49. The predicted octanol–water partition coefficient (Wildman–Crippen LogP) is 3.19. The third kappa shape index (κ3) is 3.59. The van der Waals surface area contributed by atoms with E-state index in [1.165, 1.54) is 10.6 Å². The SMILES string of the molecule is Cn1c(C(=O)NC(CCO)c2ccccc2)cc(Cl)c1Cl. The minimum Gasteiger partial charge on any atom is -0.396 e. The summed E-state index contributed by atoms with van der Waals surface area (Å²) in [6, 6.07) is 10.8. The van der Waals surface area contributed by atoms with Gasteiger partial charge in [-0.05, 0) is 18.1 Å². The Morgan fingerprint density at radius 3 is 2.52 bits per heavy atom. The average Bonchev–Trinajstić information content (AvgIpc) is 2.75. The second-order valence-electron chi connectivity index (χ2n) is 4.68. The summed E-state index contributed by atoms with van der Waals surface area (Å²) in [5.41, 5.74) is 1.31. The summed E-state index contributed by atoms with van der Waals surface area (Å²) in [5, 5.41) is 12.7. The molecule has 1 amide bonds. The van der Waals surface area contributed by atoms with Crippen molar-refractivity contribution >= 4 is 29.1 Å². The second kappa shape index (κ2) is 6.98. The highest BCUT2D eigenvalue weighted by Crippen LogP contribution is 2.26. The van der Waals surface area contributed by atoms with Crippen LogP contribution in [0.2, 0.25) is 10.2 Å². The molecule has 0 saturated carbocycles. The molecule has 1 heterocycles. The van der Waals surface area contributed by atoms with Crippen LogP contribution < -0.4 is 5.32 Å². The largest absolute Gasteiger partial charge is 0.396 e. The lowest BCUT2D eigenvalue weighted by Crippen LogP contribution is -2.30. The zero-order chi connectivity index (χ0) is 15.4. The smallest absolute Gasteiger partial charge is 0.268 e. The van der Waals surface area contributed by atoms with Gasteiger partial charge in [0.1, 0.15) is 10.8 Å². The van der Waals surface area contributed by atoms with Gasteiger partial charge in [0.25, 0.3) is 5.91 Å². The van der Waals surface area contributed by atoms with E-state index in [4.69, 9.17) is 23.2 Å². The fourth-order valence-electron chi connectivity index (χ4n) is 2.13. The molecule has 21 heavy (non-hydrogen) atoms. The zero-order valence-electron chi connectivity index (χ0n) is 11.5. The number of nitrogens with one attached hydrogen (secondary N) is 1. The number of aliphatic hydroxyl groups is 1. The molecule has 0 radical (unpaired) electrons. The summed E-state index contributed by atoms with van der Waals surface area (Å²) in [6.07, 6.45) is 0.432. The molecule has 1 aromatic heterocycles. The number of carbonyl (C=O) groups is 1. The lowest BCUT2D eigenvalue weighted by molar-refractivity contribution is 0.0921. The van der Waals surface area contributed by atoms with Crippen molar-refractivity contribution in [2.45, 2.75) is 12.5 Å². The Morgan fingerprint density at radius 1 is 1.33 bits per heavy atom. The minimum absolute atomic E-state index is 0.0194. The molecule has 0 saturated heterocycles. The molecule has 1 atom stereocenters. The number of carbonyl (C=O) groups excluding carboxylic acids is 1. The first-order chi connectivity index (χ1) is 10.0.